The molecule has 0 heterocycles. The largest absolute Gasteiger partial charge is 0.314 e. The molecule has 0 aliphatic rings. The van der Waals surface area contributed by atoms with Gasteiger partial charge < -0.3 is 5.32 Å². The molecule has 0 aliphatic heterocycles. The first-order chi connectivity index (χ1) is 8.02. The Labute approximate surface area is 115 Å². The molecule has 0 amide bonds. The predicted octanol–water partition coefficient (Wildman–Crippen LogP) is 4.56. The number of hydrogen-bond acceptors (Lipinski definition) is 1. The lowest BCUT2D eigenvalue weighted by Gasteiger charge is -2.20. The van der Waals surface area contributed by atoms with E-state index < -0.39 is 0 Å². The number of nitrogens with one attached hydrogen (secondary N) is 1. The van der Waals surface area contributed by atoms with Crippen molar-refractivity contribution in [2.24, 2.45) is 5.92 Å². The lowest BCUT2D eigenvalue weighted by molar-refractivity contribution is 0.424. The fourth-order valence-corrected chi connectivity index (χ4v) is 2.45. The van der Waals surface area contributed by atoms with Crippen LogP contribution in [-0.4, -0.2) is 12.6 Å². The molecule has 0 radical (unpaired) electrons. The van der Waals surface area contributed by atoms with E-state index in [2.05, 4.69) is 26.1 Å². The molecule has 17 heavy (non-hydrogen) atoms. The Morgan fingerprint density at radius 3 is 2.53 bits per heavy atom. The van der Waals surface area contributed by atoms with E-state index in [1.807, 2.05) is 18.2 Å². The monoisotopic (exact) mass is 273 g/mol. The lowest BCUT2D eigenvalue weighted by Crippen LogP contribution is -2.32. The van der Waals surface area contributed by atoms with Gasteiger partial charge in [0.15, 0.2) is 0 Å². The van der Waals surface area contributed by atoms with Crippen LogP contribution in [0.3, 0.4) is 0 Å². The second kappa shape index (κ2) is 7.25. The Hall–Kier alpha value is -0.240. The average molecular weight is 274 g/mol. The minimum Gasteiger partial charge on any atom is -0.314 e. The third-order valence-corrected chi connectivity index (χ3v) is 3.33. The van der Waals surface area contributed by atoms with Gasteiger partial charge in [-0.2, -0.15) is 0 Å². The Morgan fingerprint density at radius 1 is 1.24 bits per heavy atom. The van der Waals surface area contributed by atoms with Crippen molar-refractivity contribution in [2.75, 3.05) is 6.54 Å². The number of likely N-dealkylation sites (N-methyl/N-ethyl adjacent to an activating group) is 1. The molecule has 1 N–H and O–H groups in total. The number of rotatable bonds is 6. The topological polar surface area (TPSA) is 12.0 Å². The molecule has 1 nitrogen and oxygen atoms in total. The van der Waals surface area contributed by atoms with Crippen molar-refractivity contribution in [1.29, 1.82) is 0 Å². The van der Waals surface area contributed by atoms with Crippen LogP contribution in [0, 0.1) is 5.92 Å². The first-order valence-electron chi connectivity index (χ1n) is 6.20. The van der Waals surface area contributed by atoms with Crippen LogP contribution in [0.25, 0.3) is 0 Å². The van der Waals surface area contributed by atoms with Gasteiger partial charge in [-0.15, -0.1) is 0 Å². The van der Waals surface area contributed by atoms with E-state index in [-0.39, 0.29) is 0 Å². The van der Waals surface area contributed by atoms with E-state index in [1.165, 1.54) is 0 Å². The van der Waals surface area contributed by atoms with E-state index in [0.717, 1.165) is 35.0 Å². The minimum absolute atomic E-state index is 0.468. The smallest absolute Gasteiger partial charge is 0.0439 e. The molecule has 1 rings (SSSR count). The van der Waals surface area contributed by atoms with Crippen LogP contribution in [0.5, 0.6) is 0 Å². The van der Waals surface area contributed by atoms with Gasteiger partial charge in [0, 0.05) is 16.1 Å². The van der Waals surface area contributed by atoms with E-state index in [1.54, 1.807) is 0 Å². The van der Waals surface area contributed by atoms with Crippen molar-refractivity contribution in [1.82, 2.24) is 5.32 Å². The van der Waals surface area contributed by atoms with E-state index in [4.69, 9.17) is 23.2 Å². The number of halogens is 2. The highest BCUT2D eigenvalue weighted by molar-refractivity contribution is 6.33. The summed E-state index contributed by atoms with van der Waals surface area (Å²) in [5, 5.41) is 5.07. The third kappa shape index (κ3) is 5.29. The van der Waals surface area contributed by atoms with Crippen LogP contribution in [0.4, 0.5) is 0 Å². The van der Waals surface area contributed by atoms with Crippen molar-refractivity contribution < 1.29 is 0 Å². The molecular formula is C14H21Cl2N. The third-order valence-electron chi connectivity index (χ3n) is 2.72. The average Bonchev–Trinajstić information content (AvgIpc) is 2.23. The highest BCUT2D eigenvalue weighted by Crippen LogP contribution is 2.23. The summed E-state index contributed by atoms with van der Waals surface area (Å²) in [5.41, 5.74) is 1.13. The van der Waals surface area contributed by atoms with Crippen molar-refractivity contribution in [3.8, 4) is 0 Å². The first kappa shape index (κ1) is 14.8. The Morgan fingerprint density at radius 2 is 1.94 bits per heavy atom. The van der Waals surface area contributed by atoms with Gasteiger partial charge in [-0.3, -0.25) is 0 Å². The molecular weight excluding hydrogens is 253 g/mol. The summed E-state index contributed by atoms with van der Waals surface area (Å²) in [6.07, 6.45) is 2.09. The summed E-state index contributed by atoms with van der Waals surface area (Å²) in [5.74, 6) is 0.678. The summed E-state index contributed by atoms with van der Waals surface area (Å²) in [6.45, 7) is 7.59. The highest BCUT2D eigenvalue weighted by Gasteiger charge is 2.12. The minimum atomic E-state index is 0.468. The van der Waals surface area contributed by atoms with Crippen LogP contribution < -0.4 is 5.32 Å². The van der Waals surface area contributed by atoms with Crippen molar-refractivity contribution >= 4 is 23.2 Å². The Balaban J connectivity index is 2.74. The fraction of sp³-hybridized carbons (Fsp3) is 0.571. The van der Waals surface area contributed by atoms with Gasteiger partial charge in [0.25, 0.3) is 0 Å². The molecule has 0 aromatic heterocycles. The predicted molar refractivity (Wildman–Crippen MR) is 77.1 cm³/mol. The first-order valence-corrected chi connectivity index (χ1v) is 6.95. The molecule has 0 fully saturated rings. The van der Waals surface area contributed by atoms with Crippen molar-refractivity contribution in [3.63, 3.8) is 0 Å². The van der Waals surface area contributed by atoms with Crippen LogP contribution in [0.15, 0.2) is 18.2 Å². The van der Waals surface area contributed by atoms with Gasteiger partial charge in [0.1, 0.15) is 0 Å². The number of benzene rings is 1. The summed E-state index contributed by atoms with van der Waals surface area (Å²) in [4.78, 5) is 0. The maximum atomic E-state index is 6.19. The summed E-state index contributed by atoms with van der Waals surface area (Å²) in [7, 11) is 0. The normalized spacial score (nSPS) is 13.1. The summed E-state index contributed by atoms with van der Waals surface area (Å²) >= 11 is 12.2. The molecule has 1 aromatic carbocycles. The maximum Gasteiger partial charge on any atom is 0.0439 e. The highest BCUT2D eigenvalue weighted by atomic mass is 35.5. The van der Waals surface area contributed by atoms with Gasteiger partial charge in [-0.05, 0) is 49.1 Å². The molecule has 0 saturated carbocycles. The number of hydrogen-bond donors (Lipinski definition) is 1. The quantitative estimate of drug-likeness (QED) is 0.801. The molecule has 96 valence electrons. The molecule has 3 heteroatoms. The summed E-state index contributed by atoms with van der Waals surface area (Å²) < 4.78 is 0. The van der Waals surface area contributed by atoms with Gasteiger partial charge in [0.05, 0.1) is 0 Å². The lowest BCUT2D eigenvalue weighted by atomic mass is 9.97. The van der Waals surface area contributed by atoms with Crippen LogP contribution >= 0.6 is 23.2 Å². The van der Waals surface area contributed by atoms with Crippen LogP contribution in [0.2, 0.25) is 10.0 Å². The zero-order chi connectivity index (χ0) is 12.8. The van der Waals surface area contributed by atoms with Gasteiger partial charge in [-0.1, -0.05) is 44.0 Å². The zero-order valence-corrected chi connectivity index (χ0v) is 12.3. The van der Waals surface area contributed by atoms with E-state index in [9.17, 15) is 0 Å². The second-order valence-electron chi connectivity index (χ2n) is 4.82. The molecule has 1 unspecified atom stereocenters. The molecule has 0 bridgehead atoms. The Kier molecular flexibility index (Phi) is 6.32. The van der Waals surface area contributed by atoms with E-state index in [0.29, 0.717) is 12.0 Å². The molecule has 1 atom stereocenters. The standard InChI is InChI=1S/C14H21Cl2N/c1-4-17-13(7-10(2)3)9-11-8-12(15)5-6-14(11)16/h5-6,8,10,13,17H,4,7,9H2,1-3H3. The summed E-state index contributed by atoms with van der Waals surface area (Å²) in [6, 6.07) is 6.14. The molecule has 1 aromatic rings. The van der Waals surface area contributed by atoms with Crippen molar-refractivity contribution in [2.45, 2.75) is 39.7 Å². The second-order valence-corrected chi connectivity index (χ2v) is 5.67. The van der Waals surface area contributed by atoms with Gasteiger partial charge in [-0.25, -0.2) is 0 Å². The van der Waals surface area contributed by atoms with E-state index >= 15 is 0 Å². The van der Waals surface area contributed by atoms with Crippen LogP contribution in [-0.2, 0) is 6.42 Å². The molecule has 0 saturated heterocycles. The SMILES string of the molecule is CCNC(Cc1cc(Cl)ccc1Cl)CC(C)C. The van der Waals surface area contributed by atoms with Gasteiger partial charge >= 0.3 is 0 Å². The van der Waals surface area contributed by atoms with Gasteiger partial charge in [0.2, 0.25) is 0 Å². The fourth-order valence-electron chi connectivity index (χ4n) is 2.06. The zero-order valence-electron chi connectivity index (χ0n) is 10.8. The molecule has 0 aliphatic carbocycles. The Bertz CT molecular complexity index is 350. The molecule has 0 spiro atoms. The maximum absolute atomic E-state index is 6.19. The van der Waals surface area contributed by atoms with Crippen LogP contribution in [0.1, 0.15) is 32.8 Å². The van der Waals surface area contributed by atoms with Crippen molar-refractivity contribution in [3.05, 3.63) is 33.8 Å².